The Morgan fingerprint density at radius 3 is 2.14 bits per heavy atom. The van der Waals surface area contributed by atoms with Gasteiger partial charge >= 0.3 is 0 Å². The van der Waals surface area contributed by atoms with Crippen molar-refractivity contribution in [1.82, 2.24) is 5.32 Å². The first-order valence-corrected chi connectivity index (χ1v) is 6.21. The lowest BCUT2D eigenvalue weighted by Crippen LogP contribution is -2.35. The van der Waals surface area contributed by atoms with Crippen LogP contribution in [0.5, 0.6) is 0 Å². The Balaban J connectivity index is 1.72. The Hall–Kier alpha value is -0.0800. The molecule has 80 valence electrons. The van der Waals surface area contributed by atoms with E-state index in [2.05, 4.69) is 5.32 Å². The van der Waals surface area contributed by atoms with Crippen molar-refractivity contribution >= 4 is 0 Å². The monoisotopic (exact) mass is 195 g/mol. The van der Waals surface area contributed by atoms with Crippen LogP contribution in [0.2, 0.25) is 0 Å². The highest BCUT2D eigenvalue weighted by Gasteiger charge is 2.50. The van der Waals surface area contributed by atoms with Crippen molar-refractivity contribution < 1.29 is 5.11 Å². The Morgan fingerprint density at radius 1 is 1.00 bits per heavy atom. The highest BCUT2D eigenvalue weighted by atomic mass is 16.3. The maximum atomic E-state index is 10.7. The number of hydrogen-bond acceptors (Lipinski definition) is 2. The van der Waals surface area contributed by atoms with Crippen molar-refractivity contribution in [2.75, 3.05) is 13.1 Å². The predicted molar refractivity (Wildman–Crippen MR) is 56.0 cm³/mol. The molecule has 1 saturated heterocycles. The lowest BCUT2D eigenvalue weighted by molar-refractivity contribution is -0.0166. The Kier molecular flexibility index (Phi) is 2.10. The van der Waals surface area contributed by atoms with Gasteiger partial charge < -0.3 is 10.4 Å². The van der Waals surface area contributed by atoms with Gasteiger partial charge in [-0.1, -0.05) is 12.8 Å². The highest BCUT2D eigenvalue weighted by molar-refractivity contribution is 5.02. The van der Waals surface area contributed by atoms with Gasteiger partial charge in [-0.3, -0.25) is 0 Å². The van der Waals surface area contributed by atoms with Crippen molar-refractivity contribution in [3.05, 3.63) is 0 Å². The minimum absolute atomic E-state index is 0.270. The third-order valence-corrected chi connectivity index (χ3v) is 4.83. The lowest BCUT2D eigenvalue weighted by atomic mass is 9.83. The molecule has 2 heteroatoms. The summed E-state index contributed by atoms with van der Waals surface area (Å²) in [5, 5.41) is 14.1. The molecule has 2 aliphatic carbocycles. The average molecular weight is 195 g/mol. The lowest BCUT2D eigenvalue weighted by Gasteiger charge is -2.30. The number of fused-ring (bicyclic) bond motifs is 1. The van der Waals surface area contributed by atoms with E-state index in [9.17, 15) is 5.11 Å². The molecule has 0 amide bonds. The van der Waals surface area contributed by atoms with Crippen LogP contribution < -0.4 is 5.32 Å². The summed E-state index contributed by atoms with van der Waals surface area (Å²) in [4.78, 5) is 0. The van der Waals surface area contributed by atoms with Crippen LogP contribution in [-0.2, 0) is 0 Å². The summed E-state index contributed by atoms with van der Waals surface area (Å²) < 4.78 is 0. The van der Waals surface area contributed by atoms with Crippen LogP contribution in [0.1, 0.15) is 38.5 Å². The van der Waals surface area contributed by atoms with Gasteiger partial charge in [-0.05, 0) is 56.5 Å². The fourth-order valence-electron chi connectivity index (χ4n) is 4.05. The predicted octanol–water partition coefficient (Wildman–Crippen LogP) is 1.54. The molecule has 2 N–H and O–H groups in total. The molecule has 2 atom stereocenters. The van der Waals surface area contributed by atoms with Gasteiger partial charge in [0.2, 0.25) is 0 Å². The van der Waals surface area contributed by atoms with Gasteiger partial charge in [0.15, 0.2) is 0 Å². The minimum Gasteiger partial charge on any atom is -0.390 e. The first-order chi connectivity index (χ1) is 6.78. The van der Waals surface area contributed by atoms with Gasteiger partial charge in [0.05, 0.1) is 5.60 Å². The van der Waals surface area contributed by atoms with Crippen LogP contribution in [-0.4, -0.2) is 23.8 Å². The molecule has 1 aliphatic heterocycles. The van der Waals surface area contributed by atoms with Gasteiger partial charge in [-0.15, -0.1) is 0 Å². The fraction of sp³-hybridized carbons (Fsp3) is 1.00. The molecule has 3 rings (SSSR count). The van der Waals surface area contributed by atoms with Crippen molar-refractivity contribution in [3.8, 4) is 0 Å². The van der Waals surface area contributed by atoms with Crippen molar-refractivity contribution in [2.24, 2.45) is 17.8 Å². The molecule has 2 unspecified atom stereocenters. The summed E-state index contributed by atoms with van der Waals surface area (Å²) in [7, 11) is 0. The van der Waals surface area contributed by atoms with Crippen LogP contribution in [0.25, 0.3) is 0 Å². The molecule has 2 nitrogen and oxygen atoms in total. The van der Waals surface area contributed by atoms with E-state index in [-0.39, 0.29) is 5.60 Å². The van der Waals surface area contributed by atoms with Gasteiger partial charge in [-0.2, -0.15) is 0 Å². The Morgan fingerprint density at radius 2 is 1.57 bits per heavy atom. The molecule has 1 heterocycles. The largest absolute Gasteiger partial charge is 0.390 e. The van der Waals surface area contributed by atoms with E-state index in [1.54, 1.807) is 0 Å². The van der Waals surface area contributed by atoms with E-state index >= 15 is 0 Å². The van der Waals surface area contributed by atoms with E-state index in [1.807, 2.05) is 0 Å². The molecule has 2 saturated carbocycles. The topological polar surface area (TPSA) is 32.3 Å². The smallest absolute Gasteiger partial charge is 0.0682 e. The second kappa shape index (κ2) is 3.21. The first-order valence-electron chi connectivity index (χ1n) is 6.21. The summed E-state index contributed by atoms with van der Waals surface area (Å²) in [6, 6.07) is 0. The minimum atomic E-state index is -0.270. The van der Waals surface area contributed by atoms with Crippen molar-refractivity contribution in [3.63, 3.8) is 0 Å². The number of rotatable bonds is 1. The second-order valence-electron chi connectivity index (χ2n) is 5.67. The standard InChI is InChI=1S/C12H21NO/c14-12(11-3-1-2-4-11)5-9-7-13-8-10(9)6-12/h9-11,13-14H,1-8H2. The Labute approximate surface area is 86.1 Å². The van der Waals surface area contributed by atoms with Gasteiger partial charge in [0, 0.05) is 0 Å². The molecule has 0 aromatic heterocycles. The molecular formula is C12H21NO. The average Bonchev–Trinajstić information content (AvgIpc) is 2.74. The first kappa shape index (κ1) is 9.17. The molecule has 0 spiro atoms. The number of aliphatic hydroxyl groups is 1. The third kappa shape index (κ3) is 1.31. The molecule has 0 aromatic carbocycles. The van der Waals surface area contributed by atoms with E-state index in [4.69, 9.17) is 0 Å². The normalized spacial score (nSPS) is 48.6. The van der Waals surface area contributed by atoms with Crippen LogP contribution in [0.15, 0.2) is 0 Å². The summed E-state index contributed by atoms with van der Waals surface area (Å²) in [6.45, 7) is 2.30. The van der Waals surface area contributed by atoms with Crippen LogP contribution >= 0.6 is 0 Å². The fourth-order valence-corrected chi connectivity index (χ4v) is 4.05. The van der Waals surface area contributed by atoms with E-state index < -0.39 is 0 Å². The van der Waals surface area contributed by atoms with Gasteiger partial charge in [-0.25, -0.2) is 0 Å². The van der Waals surface area contributed by atoms with Crippen molar-refractivity contribution in [2.45, 2.75) is 44.1 Å². The second-order valence-corrected chi connectivity index (χ2v) is 5.67. The highest BCUT2D eigenvalue weighted by Crippen LogP contribution is 2.49. The maximum absolute atomic E-state index is 10.7. The van der Waals surface area contributed by atoms with E-state index in [1.165, 1.54) is 25.7 Å². The van der Waals surface area contributed by atoms with Crippen LogP contribution in [0, 0.1) is 17.8 Å². The quantitative estimate of drug-likeness (QED) is 0.665. The molecule has 0 aromatic rings. The van der Waals surface area contributed by atoms with Gasteiger partial charge in [0.25, 0.3) is 0 Å². The zero-order chi connectivity index (χ0) is 9.60. The van der Waals surface area contributed by atoms with Crippen molar-refractivity contribution in [1.29, 1.82) is 0 Å². The molecule has 0 radical (unpaired) electrons. The van der Waals surface area contributed by atoms with Crippen LogP contribution in [0.3, 0.4) is 0 Å². The summed E-state index contributed by atoms with van der Waals surface area (Å²) in [5.41, 5.74) is -0.270. The summed E-state index contributed by atoms with van der Waals surface area (Å²) in [5.74, 6) is 2.19. The molecule has 3 aliphatic rings. The van der Waals surface area contributed by atoms with E-state index in [0.717, 1.165) is 37.8 Å². The number of hydrogen-bond donors (Lipinski definition) is 2. The Bertz CT molecular complexity index is 210. The maximum Gasteiger partial charge on any atom is 0.0682 e. The molecule has 0 bridgehead atoms. The van der Waals surface area contributed by atoms with Crippen LogP contribution in [0.4, 0.5) is 0 Å². The molecular weight excluding hydrogens is 174 g/mol. The summed E-state index contributed by atoms with van der Waals surface area (Å²) in [6.07, 6.45) is 7.42. The summed E-state index contributed by atoms with van der Waals surface area (Å²) >= 11 is 0. The molecule has 3 fully saturated rings. The van der Waals surface area contributed by atoms with Gasteiger partial charge in [0.1, 0.15) is 0 Å². The molecule has 14 heavy (non-hydrogen) atoms. The van der Waals surface area contributed by atoms with E-state index in [0.29, 0.717) is 5.92 Å². The zero-order valence-corrected chi connectivity index (χ0v) is 8.84. The zero-order valence-electron chi connectivity index (χ0n) is 8.84. The number of nitrogens with one attached hydrogen (secondary N) is 1. The third-order valence-electron chi connectivity index (χ3n) is 4.83. The SMILES string of the molecule is OC1(C2CCCC2)CC2CNCC2C1.